The molecule has 0 aliphatic rings. The average molecular weight is 353 g/mol. The van der Waals surface area contributed by atoms with Crippen LogP contribution in [-0.2, 0) is 0 Å². The Morgan fingerprint density at radius 3 is 2.71 bits per heavy atom. The number of nitrogens with one attached hydrogen (secondary N) is 1. The maximum Gasteiger partial charge on any atom is 0.131 e. The summed E-state index contributed by atoms with van der Waals surface area (Å²) in [5, 5.41) is 12.1. The highest BCUT2D eigenvalue weighted by Gasteiger charge is 2.04. The van der Waals surface area contributed by atoms with Crippen LogP contribution in [0.2, 0.25) is 0 Å². The van der Waals surface area contributed by atoms with Crippen molar-refractivity contribution in [2.75, 3.05) is 5.32 Å². The van der Waals surface area contributed by atoms with Crippen LogP contribution >= 0.6 is 31.9 Å². The van der Waals surface area contributed by atoms with Crippen molar-refractivity contribution in [2.45, 2.75) is 0 Å². The van der Waals surface area contributed by atoms with E-state index in [0.717, 1.165) is 14.8 Å². The zero-order valence-electron chi connectivity index (χ0n) is 8.61. The number of aromatic nitrogens is 1. The quantitative estimate of drug-likeness (QED) is 0.823. The minimum atomic E-state index is 0.579. The van der Waals surface area contributed by atoms with Gasteiger partial charge in [0.15, 0.2) is 0 Å². The molecule has 0 atom stereocenters. The number of hydrogen-bond donors (Lipinski definition) is 1. The maximum atomic E-state index is 9.01. The lowest BCUT2D eigenvalue weighted by Crippen LogP contribution is -1.96. The zero-order chi connectivity index (χ0) is 12.3. The van der Waals surface area contributed by atoms with E-state index in [1.807, 2.05) is 30.3 Å². The van der Waals surface area contributed by atoms with Gasteiger partial charge in [-0.1, -0.05) is 22.0 Å². The van der Waals surface area contributed by atoms with Crippen molar-refractivity contribution in [3.63, 3.8) is 0 Å². The Kier molecular flexibility index (Phi) is 3.77. The van der Waals surface area contributed by atoms with Gasteiger partial charge in [0.25, 0.3) is 0 Å². The fraction of sp³-hybridized carbons (Fsp3) is 0. The van der Waals surface area contributed by atoms with Crippen LogP contribution in [0.1, 0.15) is 5.56 Å². The van der Waals surface area contributed by atoms with Crippen LogP contribution in [-0.4, -0.2) is 4.98 Å². The lowest BCUT2D eigenvalue weighted by molar-refractivity contribution is 1.26. The van der Waals surface area contributed by atoms with Crippen LogP contribution < -0.4 is 5.32 Å². The smallest absolute Gasteiger partial charge is 0.131 e. The largest absolute Gasteiger partial charge is 0.339 e. The molecule has 17 heavy (non-hydrogen) atoms. The van der Waals surface area contributed by atoms with Crippen molar-refractivity contribution in [1.82, 2.24) is 4.98 Å². The van der Waals surface area contributed by atoms with Gasteiger partial charge in [0, 0.05) is 4.47 Å². The number of nitriles is 1. The number of halogens is 2. The van der Waals surface area contributed by atoms with Gasteiger partial charge < -0.3 is 5.32 Å². The topological polar surface area (TPSA) is 48.7 Å². The van der Waals surface area contributed by atoms with Crippen molar-refractivity contribution in [3.8, 4) is 6.07 Å². The second kappa shape index (κ2) is 5.30. The van der Waals surface area contributed by atoms with Gasteiger partial charge in [0.05, 0.1) is 11.3 Å². The summed E-state index contributed by atoms with van der Waals surface area (Å²) in [6.45, 7) is 0. The van der Waals surface area contributed by atoms with Crippen LogP contribution in [0.4, 0.5) is 11.5 Å². The van der Waals surface area contributed by atoms with E-state index in [-0.39, 0.29) is 0 Å². The first-order valence-electron chi connectivity index (χ1n) is 4.78. The van der Waals surface area contributed by atoms with Crippen LogP contribution in [0.3, 0.4) is 0 Å². The van der Waals surface area contributed by atoms with Gasteiger partial charge in [0.1, 0.15) is 16.5 Å². The Balaban J connectivity index is 2.36. The molecule has 1 aromatic carbocycles. The van der Waals surface area contributed by atoms with Crippen LogP contribution in [0.5, 0.6) is 0 Å². The molecule has 0 spiro atoms. The molecule has 1 N–H and O–H groups in total. The summed E-state index contributed by atoms with van der Waals surface area (Å²) in [6, 6.07) is 13.1. The first-order chi connectivity index (χ1) is 8.19. The van der Waals surface area contributed by atoms with Crippen molar-refractivity contribution in [1.29, 1.82) is 5.26 Å². The summed E-state index contributed by atoms with van der Waals surface area (Å²) in [5.74, 6) is 0.689. The standard InChI is InChI=1S/C12H7Br2N3/c13-9-5-4-8(7-15)10(6-9)16-12-3-1-2-11(14)17-12/h1-6H,(H,16,17). The molecule has 0 fully saturated rings. The second-order valence-electron chi connectivity index (χ2n) is 3.27. The first kappa shape index (κ1) is 12.1. The van der Waals surface area contributed by atoms with E-state index in [0.29, 0.717) is 11.4 Å². The van der Waals surface area contributed by atoms with Crippen molar-refractivity contribution in [2.24, 2.45) is 0 Å². The molecule has 0 unspecified atom stereocenters. The predicted molar refractivity (Wildman–Crippen MR) is 74.1 cm³/mol. The van der Waals surface area contributed by atoms with Gasteiger partial charge in [-0.05, 0) is 46.3 Å². The van der Waals surface area contributed by atoms with E-state index in [9.17, 15) is 0 Å². The number of anilines is 2. The van der Waals surface area contributed by atoms with Gasteiger partial charge in [0.2, 0.25) is 0 Å². The number of hydrogen-bond acceptors (Lipinski definition) is 3. The Bertz CT molecular complexity index is 591. The molecular formula is C12H7Br2N3. The average Bonchev–Trinajstić information content (AvgIpc) is 2.29. The third-order valence-electron chi connectivity index (χ3n) is 2.08. The SMILES string of the molecule is N#Cc1ccc(Br)cc1Nc1cccc(Br)n1. The summed E-state index contributed by atoms with van der Waals surface area (Å²) >= 11 is 6.67. The number of rotatable bonds is 2. The Labute approximate surface area is 116 Å². The molecule has 0 amide bonds. The van der Waals surface area contributed by atoms with E-state index in [4.69, 9.17) is 5.26 Å². The highest BCUT2D eigenvalue weighted by atomic mass is 79.9. The van der Waals surface area contributed by atoms with Crippen molar-refractivity contribution < 1.29 is 0 Å². The zero-order valence-corrected chi connectivity index (χ0v) is 11.8. The summed E-state index contributed by atoms with van der Waals surface area (Å²) in [4.78, 5) is 4.25. The summed E-state index contributed by atoms with van der Waals surface area (Å²) in [6.07, 6.45) is 0. The molecule has 0 saturated heterocycles. The van der Waals surface area contributed by atoms with Gasteiger partial charge in [-0.3, -0.25) is 0 Å². The molecule has 0 bridgehead atoms. The third kappa shape index (κ3) is 3.05. The van der Waals surface area contributed by atoms with Crippen molar-refractivity contribution in [3.05, 3.63) is 51.0 Å². The Morgan fingerprint density at radius 2 is 2.00 bits per heavy atom. The fourth-order valence-electron chi connectivity index (χ4n) is 1.33. The molecule has 3 nitrogen and oxygen atoms in total. The molecule has 1 aromatic heterocycles. The number of nitrogens with zero attached hydrogens (tertiary/aromatic N) is 2. The molecule has 5 heteroatoms. The van der Waals surface area contributed by atoms with Crippen LogP contribution in [0.25, 0.3) is 0 Å². The Hall–Kier alpha value is -1.38. The summed E-state index contributed by atoms with van der Waals surface area (Å²) < 4.78 is 1.66. The third-order valence-corrected chi connectivity index (χ3v) is 3.01. The van der Waals surface area contributed by atoms with E-state index < -0.39 is 0 Å². The van der Waals surface area contributed by atoms with Crippen LogP contribution in [0.15, 0.2) is 45.5 Å². The summed E-state index contributed by atoms with van der Waals surface area (Å²) in [7, 11) is 0. The maximum absolute atomic E-state index is 9.01. The molecule has 0 saturated carbocycles. The molecule has 2 rings (SSSR count). The number of pyridine rings is 1. The molecule has 0 aliphatic carbocycles. The van der Waals surface area contributed by atoms with Gasteiger partial charge in [-0.2, -0.15) is 5.26 Å². The van der Waals surface area contributed by atoms with Gasteiger partial charge >= 0.3 is 0 Å². The molecular weight excluding hydrogens is 346 g/mol. The van der Waals surface area contributed by atoms with E-state index in [1.165, 1.54) is 0 Å². The Morgan fingerprint density at radius 1 is 1.18 bits per heavy atom. The first-order valence-corrected chi connectivity index (χ1v) is 6.37. The summed E-state index contributed by atoms with van der Waals surface area (Å²) in [5.41, 5.74) is 1.31. The molecule has 2 aromatic rings. The normalized spacial score (nSPS) is 9.71. The molecule has 84 valence electrons. The van der Waals surface area contributed by atoms with Gasteiger partial charge in [-0.25, -0.2) is 4.98 Å². The molecule has 0 aliphatic heterocycles. The minimum Gasteiger partial charge on any atom is -0.339 e. The highest BCUT2D eigenvalue weighted by Crippen LogP contribution is 2.24. The predicted octanol–water partition coefficient (Wildman–Crippen LogP) is 4.22. The second-order valence-corrected chi connectivity index (χ2v) is 5.00. The van der Waals surface area contributed by atoms with Crippen LogP contribution in [0, 0.1) is 11.3 Å². The monoisotopic (exact) mass is 351 g/mol. The van der Waals surface area contributed by atoms with Crippen molar-refractivity contribution >= 4 is 43.4 Å². The highest BCUT2D eigenvalue weighted by molar-refractivity contribution is 9.10. The number of benzene rings is 1. The lowest BCUT2D eigenvalue weighted by atomic mass is 10.2. The van der Waals surface area contributed by atoms with E-state index >= 15 is 0 Å². The van der Waals surface area contributed by atoms with E-state index in [2.05, 4.69) is 48.2 Å². The minimum absolute atomic E-state index is 0.579. The van der Waals surface area contributed by atoms with E-state index in [1.54, 1.807) is 6.07 Å². The molecule has 0 radical (unpaired) electrons. The molecule has 1 heterocycles. The fourth-order valence-corrected chi connectivity index (χ4v) is 2.04. The van der Waals surface area contributed by atoms with Gasteiger partial charge in [-0.15, -0.1) is 0 Å². The lowest BCUT2D eigenvalue weighted by Gasteiger charge is -2.08.